The molecule has 0 aromatic heterocycles. The average molecular weight is 575 g/mol. The fraction of sp³-hybridized carbons (Fsp3) is 0.375. The van der Waals surface area contributed by atoms with Crippen molar-refractivity contribution in [1.82, 2.24) is 15.6 Å². The van der Waals surface area contributed by atoms with Crippen LogP contribution in [0.2, 0.25) is 0 Å². The van der Waals surface area contributed by atoms with Crippen LogP contribution in [0.25, 0.3) is 0 Å². The van der Waals surface area contributed by atoms with Gasteiger partial charge in [-0.3, -0.25) is 9.59 Å². The van der Waals surface area contributed by atoms with Gasteiger partial charge in [-0.15, -0.1) is 0 Å². The van der Waals surface area contributed by atoms with Crippen LogP contribution >= 0.6 is 0 Å². The average Bonchev–Trinajstić information content (AvgIpc) is 3.28. The molecule has 2 aliphatic rings. The van der Waals surface area contributed by atoms with E-state index in [0.29, 0.717) is 18.7 Å². The quantitative estimate of drug-likeness (QED) is 0.375. The molecule has 0 spiro atoms. The van der Waals surface area contributed by atoms with Crippen molar-refractivity contribution >= 4 is 27.3 Å². The number of rotatable bonds is 8. The van der Waals surface area contributed by atoms with Gasteiger partial charge in [0.15, 0.2) is 0 Å². The summed E-state index contributed by atoms with van der Waals surface area (Å²) in [6, 6.07) is 16.7. The number of hydrazine groups is 1. The van der Waals surface area contributed by atoms with E-state index in [0.717, 1.165) is 42.7 Å². The van der Waals surface area contributed by atoms with Crippen LogP contribution in [-0.2, 0) is 16.4 Å². The van der Waals surface area contributed by atoms with E-state index in [2.05, 4.69) is 15.6 Å². The summed E-state index contributed by atoms with van der Waals surface area (Å²) in [4.78, 5) is 29.4. The zero-order valence-electron chi connectivity index (χ0n) is 23.8. The Morgan fingerprint density at radius 1 is 0.902 bits per heavy atom. The Morgan fingerprint density at radius 2 is 1.66 bits per heavy atom. The van der Waals surface area contributed by atoms with Gasteiger partial charge < -0.3 is 10.2 Å². The maximum atomic E-state index is 13.8. The van der Waals surface area contributed by atoms with Crippen LogP contribution in [-0.4, -0.2) is 51.3 Å². The number of amides is 2. The first kappa shape index (κ1) is 29.0. The van der Waals surface area contributed by atoms with Crippen molar-refractivity contribution in [2.24, 2.45) is 0 Å². The summed E-state index contributed by atoms with van der Waals surface area (Å²) in [5.41, 5.74) is 6.80. The topological polar surface area (TPSA) is 98.8 Å². The van der Waals surface area contributed by atoms with Crippen LogP contribution in [0.15, 0.2) is 70.5 Å². The normalized spacial score (nSPS) is 16.8. The number of carbonyl (C=O) groups excluding carboxylic acids is 2. The highest BCUT2D eigenvalue weighted by Gasteiger charge is 2.36. The highest BCUT2D eigenvalue weighted by Crippen LogP contribution is 2.37. The first-order valence-electron chi connectivity index (χ1n) is 14.4. The summed E-state index contributed by atoms with van der Waals surface area (Å²) < 4.78 is 27.5. The molecule has 1 fully saturated rings. The summed E-state index contributed by atoms with van der Waals surface area (Å²) in [7, 11) is -4.02. The molecule has 0 aliphatic carbocycles. The molecule has 8 nitrogen and oxygen atoms in total. The van der Waals surface area contributed by atoms with Crippen LogP contribution in [0.4, 0.5) is 5.69 Å². The number of carbonyl (C=O) groups is 2. The van der Waals surface area contributed by atoms with Crippen molar-refractivity contribution in [3.63, 3.8) is 0 Å². The second-order valence-electron chi connectivity index (χ2n) is 11.0. The summed E-state index contributed by atoms with van der Waals surface area (Å²) in [6.45, 7) is 7.95. The molecule has 3 aromatic rings. The lowest BCUT2D eigenvalue weighted by Crippen LogP contribution is -2.43. The van der Waals surface area contributed by atoms with Crippen molar-refractivity contribution in [1.29, 1.82) is 0 Å². The van der Waals surface area contributed by atoms with Crippen LogP contribution in [0, 0.1) is 13.8 Å². The molecular weight excluding hydrogens is 536 g/mol. The van der Waals surface area contributed by atoms with Crippen LogP contribution < -0.4 is 15.8 Å². The fourth-order valence-electron chi connectivity index (χ4n) is 5.56. The van der Waals surface area contributed by atoms with E-state index in [4.69, 9.17) is 0 Å². The summed E-state index contributed by atoms with van der Waals surface area (Å²) >= 11 is 0. The molecule has 1 saturated heterocycles. The third kappa shape index (κ3) is 6.37. The number of fused-ring (bicyclic) bond motifs is 2. The summed E-state index contributed by atoms with van der Waals surface area (Å²) in [5.74, 6) is -0.798. The zero-order chi connectivity index (χ0) is 29.0. The van der Waals surface area contributed by atoms with Crippen LogP contribution in [0.1, 0.15) is 69.5 Å². The molecule has 2 heterocycles. The van der Waals surface area contributed by atoms with E-state index in [-0.39, 0.29) is 26.9 Å². The number of hydrogen-bond acceptors (Lipinski definition) is 6. The number of nitrogens with zero attached hydrogens (tertiary/aromatic N) is 2. The largest absolute Gasteiger partial charge is 0.352 e. The molecular formula is C32H38N4O4S. The Hall–Kier alpha value is -3.53. The molecule has 0 saturated carbocycles. The lowest BCUT2D eigenvalue weighted by atomic mass is 10.1. The molecule has 5 rings (SSSR count). The maximum absolute atomic E-state index is 13.8. The molecule has 0 radical (unpaired) electrons. The lowest BCUT2D eigenvalue weighted by molar-refractivity contribution is 0.0946. The Bertz CT molecular complexity index is 1540. The van der Waals surface area contributed by atoms with Crippen molar-refractivity contribution in [2.45, 2.75) is 62.3 Å². The monoisotopic (exact) mass is 574 g/mol. The number of likely N-dealkylation sites (tertiary alicyclic amines) is 1. The smallest absolute Gasteiger partial charge is 0.274 e. The molecule has 2 aliphatic heterocycles. The molecule has 41 heavy (non-hydrogen) atoms. The number of anilines is 1. The molecule has 216 valence electrons. The molecule has 9 heteroatoms. The maximum Gasteiger partial charge on any atom is 0.274 e. The second kappa shape index (κ2) is 12.5. The van der Waals surface area contributed by atoms with Crippen LogP contribution in [0.5, 0.6) is 0 Å². The van der Waals surface area contributed by atoms with Crippen molar-refractivity contribution in [2.75, 3.05) is 31.2 Å². The number of nitrogens with one attached hydrogen (secondary N) is 2. The number of sulfone groups is 1. The van der Waals surface area contributed by atoms with Gasteiger partial charge in [0.2, 0.25) is 9.84 Å². The van der Waals surface area contributed by atoms with Gasteiger partial charge in [-0.05, 0) is 94.2 Å². The van der Waals surface area contributed by atoms with Gasteiger partial charge in [0.05, 0.1) is 21.0 Å². The van der Waals surface area contributed by atoms with Crippen molar-refractivity contribution in [3.05, 3.63) is 88.5 Å². The van der Waals surface area contributed by atoms with E-state index in [1.54, 1.807) is 12.1 Å². The van der Waals surface area contributed by atoms with E-state index >= 15 is 0 Å². The second-order valence-corrected chi connectivity index (χ2v) is 12.8. The third-order valence-corrected chi connectivity index (χ3v) is 9.79. The molecule has 3 aromatic carbocycles. The molecule has 0 unspecified atom stereocenters. The summed E-state index contributed by atoms with van der Waals surface area (Å²) in [6.07, 6.45) is 5.85. The molecule has 2 amide bonds. The highest BCUT2D eigenvalue weighted by molar-refractivity contribution is 7.91. The van der Waals surface area contributed by atoms with Gasteiger partial charge in [0, 0.05) is 18.7 Å². The Morgan fingerprint density at radius 3 is 2.44 bits per heavy atom. The zero-order valence-corrected chi connectivity index (χ0v) is 24.6. The van der Waals surface area contributed by atoms with Gasteiger partial charge in [-0.25, -0.2) is 18.9 Å². The molecule has 2 N–H and O–H groups in total. The SMILES string of the molecule is Cc1ccc(C)c(CNN2C(=O)c3ccccc3S(=O)(=O)c3ccc(C(=O)NCCCN4CCCCCC4)cc32)c1. The Kier molecular flexibility index (Phi) is 8.87. The number of hydrogen-bond donors (Lipinski definition) is 2. The standard InChI is InChI=1S/C32H38N4O4S/c1-23-12-13-24(2)26(20-23)22-34-36-28-21-25(31(37)33-16-9-19-35-17-7-3-4-8-18-35)14-15-30(28)41(39,40)29-11-6-5-10-27(29)32(36)38/h5-6,10-15,20-21,34H,3-4,7-9,16-19,22H2,1-2H3,(H,33,37). The minimum atomic E-state index is -4.02. The highest BCUT2D eigenvalue weighted by atomic mass is 32.2. The van der Waals surface area contributed by atoms with Gasteiger partial charge in [0.1, 0.15) is 0 Å². The van der Waals surface area contributed by atoms with E-state index in [1.807, 2.05) is 32.0 Å². The minimum absolute atomic E-state index is 0.0259. The summed E-state index contributed by atoms with van der Waals surface area (Å²) in [5, 5.41) is 4.25. The Balaban J connectivity index is 1.41. The number of aryl methyl sites for hydroxylation is 2. The minimum Gasteiger partial charge on any atom is -0.352 e. The predicted octanol–water partition coefficient (Wildman–Crippen LogP) is 4.80. The van der Waals surface area contributed by atoms with Gasteiger partial charge >= 0.3 is 0 Å². The number of benzene rings is 3. The van der Waals surface area contributed by atoms with E-state index < -0.39 is 15.7 Å². The molecule has 0 atom stereocenters. The van der Waals surface area contributed by atoms with Gasteiger partial charge in [-0.2, -0.15) is 0 Å². The molecule has 0 bridgehead atoms. The third-order valence-electron chi connectivity index (χ3n) is 7.93. The predicted molar refractivity (Wildman–Crippen MR) is 160 cm³/mol. The first-order chi connectivity index (χ1) is 19.8. The van der Waals surface area contributed by atoms with Gasteiger partial charge in [0.25, 0.3) is 11.8 Å². The van der Waals surface area contributed by atoms with Crippen molar-refractivity contribution in [3.8, 4) is 0 Å². The van der Waals surface area contributed by atoms with E-state index in [1.165, 1.54) is 61.0 Å². The fourth-order valence-corrected chi connectivity index (χ4v) is 7.18. The Labute approximate surface area is 242 Å². The first-order valence-corrected chi connectivity index (χ1v) is 15.9. The van der Waals surface area contributed by atoms with E-state index in [9.17, 15) is 18.0 Å². The lowest BCUT2D eigenvalue weighted by Gasteiger charge is -2.24. The van der Waals surface area contributed by atoms with Crippen LogP contribution in [0.3, 0.4) is 0 Å². The van der Waals surface area contributed by atoms with Crippen molar-refractivity contribution < 1.29 is 18.0 Å². The van der Waals surface area contributed by atoms with Gasteiger partial charge in [-0.1, -0.05) is 48.7 Å².